The van der Waals surface area contributed by atoms with E-state index in [-0.39, 0.29) is 0 Å². The third-order valence-electron chi connectivity index (χ3n) is 1.93. The summed E-state index contributed by atoms with van der Waals surface area (Å²) in [5.74, 6) is 0. The molecule has 2 aliphatic rings. The molecule has 0 aromatic rings. The van der Waals surface area contributed by atoms with Crippen LogP contribution in [0.25, 0.3) is 0 Å². The zero-order chi connectivity index (χ0) is 5.56. The average molecular weight is 114 g/mol. The van der Waals surface area contributed by atoms with Gasteiger partial charge in [-0.3, -0.25) is 0 Å². The summed E-state index contributed by atoms with van der Waals surface area (Å²) >= 11 is 0. The first-order chi connectivity index (χ1) is 3.88. The third-order valence-corrected chi connectivity index (χ3v) is 1.93. The van der Waals surface area contributed by atoms with Crippen LogP contribution < -0.4 is 0 Å². The molecule has 0 aromatic carbocycles. The Bertz CT molecular complexity index is 103. The normalized spacial score (nSPS) is 52.9. The average Bonchev–Trinajstić information content (AvgIpc) is 2.09. The van der Waals surface area contributed by atoms with Crippen LogP contribution in [-0.4, -0.2) is 24.9 Å². The molecule has 2 aliphatic heterocycles. The second-order valence-electron chi connectivity index (χ2n) is 2.50. The van der Waals surface area contributed by atoms with Crippen LogP contribution in [-0.2, 0) is 9.47 Å². The van der Waals surface area contributed by atoms with Gasteiger partial charge in [-0.2, -0.15) is 0 Å². The van der Waals surface area contributed by atoms with Gasteiger partial charge in [-0.1, -0.05) is 0 Å². The number of fused-ring (bicyclic) bond motifs is 1. The molecule has 3 atom stereocenters. The summed E-state index contributed by atoms with van der Waals surface area (Å²) < 4.78 is 10.7. The molecule has 0 spiro atoms. The standard InChI is InChI=1S/C6H10O2/c1-4-6-5(8-4)2-3-7-6/h4-6H,2-3H2,1H3/t4-,5-,6-/m1/s1. The van der Waals surface area contributed by atoms with E-state index >= 15 is 0 Å². The topological polar surface area (TPSA) is 18.5 Å². The molecule has 2 heterocycles. The highest BCUT2D eigenvalue weighted by molar-refractivity contribution is 4.90. The molecule has 0 radical (unpaired) electrons. The van der Waals surface area contributed by atoms with Gasteiger partial charge < -0.3 is 9.47 Å². The van der Waals surface area contributed by atoms with Gasteiger partial charge in [-0.15, -0.1) is 0 Å². The largest absolute Gasteiger partial charge is 0.373 e. The molecule has 0 saturated carbocycles. The van der Waals surface area contributed by atoms with E-state index in [9.17, 15) is 0 Å². The summed E-state index contributed by atoms with van der Waals surface area (Å²) in [6.07, 6.45) is 2.36. The van der Waals surface area contributed by atoms with E-state index in [1.54, 1.807) is 0 Å². The van der Waals surface area contributed by atoms with Crippen LogP contribution in [0.3, 0.4) is 0 Å². The van der Waals surface area contributed by atoms with Crippen molar-refractivity contribution in [2.24, 2.45) is 0 Å². The van der Waals surface area contributed by atoms with Crippen LogP contribution in [0.15, 0.2) is 0 Å². The van der Waals surface area contributed by atoms with Gasteiger partial charge in [0, 0.05) is 6.61 Å². The lowest BCUT2D eigenvalue weighted by molar-refractivity contribution is -0.189. The highest BCUT2D eigenvalue weighted by atomic mass is 16.6. The molecule has 2 heteroatoms. The van der Waals surface area contributed by atoms with Crippen molar-refractivity contribution >= 4 is 0 Å². The summed E-state index contributed by atoms with van der Waals surface area (Å²) in [5.41, 5.74) is 0. The lowest BCUT2D eigenvalue weighted by Crippen LogP contribution is -2.48. The van der Waals surface area contributed by atoms with Gasteiger partial charge >= 0.3 is 0 Å². The maximum Gasteiger partial charge on any atom is 0.110 e. The molecular weight excluding hydrogens is 104 g/mol. The Kier molecular flexibility index (Phi) is 0.866. The van der Waals surface area contributed by atoms with Crippen molar-refractivity contribution in [2.45, 2.75) is 31.7 Å². The lowest BCUT2D eigenvalue weighted by Gasteiger charge is -2.36. The van der Waals surface area contributed by atoms with Crippen molar-refractivity contribution in [3.63, 3.8) is 0 Å². The quantitative estimate of drug-likeness (QED) is 0.458. The van der Waals surface area contributed by atoms with E-state index in [1.165, 1.54) is 0 Å². The van der Waals surface area contributed by atoms with Gasteiger partial charge in [-0.25, -0.2) is 0 Å². The van der Waals surface area contributed by atoms with Crippen molar-refractivity contribution in [3.05, 3.63) is 0 Å². The SMILES string of the molecule is C[C@H]1O[C@@H]2CCO[C@H]12. The van der Waals surface area contributed by atoms with E-state index in [0.717, 1.165) is 13.0 Å². The van der Waals surface area contributed by atoms with Gasteiger partial charge in [0.05, 0.1) is 12.2 Å². The van der Waals surface area contributed by atoms with Crippen molar-refractivity contribution in [3.8, 4) is 0 Å². The summed E-state index contributed by atoms with van der Waals surface area (Å²) in [4.78, 5) is 0. The lowest BCUT2D eigenvalue weighted by atomic mass is 10.0. The van der Waals surface area contributed by atoms with Crippen molar-refractivity contribution in [1.82, 2.24) is 0 Å². The number of hydrogen-bond acceptors (Lipinski definition) is 2. The predicted molar refractivity (Wildman–Crippen MR) is 28.7 cm³/mol. The Balaban J connectivity index is 2.02. The fourth-order valence-electron chi connectivity index (χ4n) is 1.44. The van der Waals surface area contributed by atoms with E-state index in [0.29, 0.717) is 18.3 Å². The summed E-state index contributed by atoms with van der Waals surface area (Å²) in [6.45, 7) is 2.96. The molecule has 0 amide bonds. The van der Waals surface area contributed by atoms with Gasteiger partial charge in [0.25, 0.3) is 0 Å². The van der Waals surface area contributed by atoms with Crippen LogP contribution >= 0.6 is 0 Å². The highest BCUT2D eigenvalue weighted by Gasteiger charge is 2.43. The molecule has 2 rings (SSSR count). The first-order valence-electron chi connectivity index (χ1n) is 3.15. The Labute approximate surface area is 48.8 Å². The second-order valence-corrected chi connectivity index (χ2v) is 2.50. The smallest absolute Gasteiger partial charge is 0.110 e. The minimum Gasteiger partial charge on any atom is -0.373 e. The second kappa shape index (κ2) is 1.45. The van der Waals surface area contributed by atoms with Crippen LogP contribution in [0, 0.1) is 0 Å². The van der Waals surface area contributed by atoms with Crippen LogP contribution in [0.4, 0.5) is 0 Å². The molecule has 0 aliphatic carbocycles. The first kappa shape index (κ1) is 4.77. The Morgan fingerprint density at radius 1 is 1.50 bits per heavy atom. The zero-order valence-corrected chi connectivity index (χ0v) is 4.96. The zero-order valence-electron chi connectivity index (χ0n) is 4.96. The Hall–Kier alpha value is -0.0800. The summed E-state index contributed by atoms with van der Waals surface area (Å²) in [7, 11) is 0. The van der Waals surface area contributed by atoms with Gasteiger partial charge in [0.2, 0.25) is 0 Å². The van der Waals surface area contributed by atoms with Gasteiger partial charge in [0.1, 0.15) is 6.10 Å². The molecule has 0 bridgehead atoms. The molecule has 8 heavy (non-hydrogen) atoms. The van der Waals surface area contributed by atoms with E-state index < -0.39 is 0 Å². The molecule has 46 valence electrons. The van der Waals surface area contributed by atoms with Crippen LogP contribution in [0.1, 0.15) is 13.3 Å². The molecule has 2 nitrogen and oxygen atoms in total. The molecule has 2 fully saturated rings. The van der Waals surface area contributed by atoms with E-state index in [4.69, 9.17) is 9.47 Å². The Morgan fingerprint density at radius 2 is 2.38 bits per heavy atom. The molecular formula is C6H10O2. The predicted octanol–water partition coefficient (Wildman–Crippen LogP) is 0.563. The maximum absolute atomic E-state index is 5.34. The third kappa shape index (κ3) is 0.446. The van der Waals surface area contributed by atoms with Crippen LogP contribution in [0.2, 0.25) is 0 Å². The number of rotatable bonds is 0. The fraction of sp³-hybridized carbons (Fsp3) is 1.00. The number of ether oxygens (including phenoxy) is 2. The highest BCUT2D eigenvalue weighted by Crippen LogP contribution is 2.31. The van der Waals surface area contributed by atoms with Crippen molar-refractivity contribution in [1.29, 1.82) is 0 Å². The molecule has 2 saturated heterocycles. The molecule has 0 N–H and O–H groups in total. The number of hydrogen-bond donors (Lipinski definition) is 0. The van der Waals surface area contributed by atoms with Crippen molar-refractivity contribution in [2.75, 3.05) is 6.61 Å². The fourth-order valence-corrected chi connectivity index (χ4v) is 1.44. The van der Waals surface area contributed by atoms with E-state index in [1.807, 2.05) is 0 Å². The summed E-state index contributed by atoms with van der Waals surface area (Å²) in [5, 5.41) is 0. The minimum atomic E-state index is 0.363. The monoisotopic (exact) mass is 114 g/mol. The molecule has 0 unspecified atom stereocenters. The van der Waals surface area contributed by atoms with Gasteiger partial charge in [0.15, 0.2) is 0 Å². The maximum atomic E-state index is 5.34. The van der Waals surface area contributed by atoms with Gasteiger partial charge in [-0.05, 0) is 13.3 Å². The van der Waals surface area contributed by atoms with Crippen LogP contribution in [0.5, 0.6) is 0 Å². The Morgan fingerprint density at radius 3 is 2.88 bits per heavy atom. The molecule has 0 aromatic heterocycles. The first-order valence-corrected chi connectivity index (χ1v) is 3.15. The van der Waals surface area contributed by atoms with Crippen molar-refractivity contribution < 1.29 is 9.47 Å². The summed E-state index contributed by atoms with van der Waals surface area (Å²) in [6, 6.07) is 0. The van der Waals surface area contributed by atoms with E-state index in [2.05, 4.69) is 6.92 Å². The minimum absolute atomic E-state index is 0.363.